The van der Waals surface area contributed by atoms with E-state index in [4.69, 9.17) is 4.42 Å². The van der Waals surface area contributed by atoms with Gasteiger partial charge in [-0.25, -0.2) is 9.97 Å². The number of carbonyl (C=O) groups is 1. The first-order valence-electron chi connectivity index (χ1n) is 8.33. The molecule has 1 aromatic carbocycles. The molecule has 26 heavy (non-hydrogen) atoms. The normalized spacial score (nSPS) is 12.2. The zero-order valence-corrected chi connectivity index (χ0v) is 14.5. The lowest BCUT2D eigenvalue weighted by Crippen LogP contribution is -2.29. The van der Waals surface area contributed by atoms with E-state index in [0.717, 1.165) is 16.7 Å². The highest BCUT2D eigenvalue weighted by molar-refractivity contribution is 5.94. The van der Waals surface area contributed by atoms with E-state index in [1.54, 1.807) is 53.6 Å². The van der Waals surface area contributed by atoms with Gasteiger partial charge in [-0.2, -0.15) is 0 Å². The van der Waals surface area contributed by atoms with Crippen LogP contribution in [0.15, 0.2) is 71.8 Å². The number of imidazole rings is 1. The van der Waals surface area contributed by atoms with Gasteiger partial charge in [0.25, 0.3) is 5.91 Å². The first-order valence-corrected chi connectivity index (χ1v) is 8.33. The van der Waals surface area contributed by atoms with Crippen LogP contribution in [0.1, 0.15) is 29.1 Å². The molecule has 0 spiro atoms. The Bertz CT molecular complexity index is 1020. The summed E-state index contributed by atoms with van der Waals surface area (Å²) in [5.74, 6) is 1.31. The highest BCUT2D eigenvalue weighted by atomic mass is 16.3. The van der Waals surface area contributed by atoms with Crippen molar-refractivity contribution in [1.29, 1.82) is 0 Å². The fraction of sp³-hybridized carbons (Fsp3) is 0.150. The van der Waals surface area contributed by atoms with Gasteiger partial charge in [-0.05, 0) is 31.2 Å². The SMILES string of the molecule is C[C@@H](c1cc2ccccc2o1)N(C)C(=O)c1ccnc(-n2ccnc2)c1. The van der Waals surface area contributed by atoms with E-state index < -0.39 is 0 Å². The molecule has 4 aromatic rings. The molecule has 3 aromatic heterocycles. The lowest BCUT2D eigenvalue weighted by atomic mass is 10.1. The zero-order valence-electron chi connectivity index (χ0n) is 14.5. The van der Waals surface area contributed by atoms with E-state index in [2.05, 4.69) is 9.97 Å². The molecular formula is C20H18N4O2. The average Bonchev–Trinajstić information content (AvgIpc) is 3.36. The zero-order chi connectivity index (χ0) is 18.1. The summed E-state index contributed by atoms with van der Waals surface area (Å²) in [5.41, 5.74) is 1.38. The Labute approximate surface area is 150 Å². The summed E-state index contributed by atoms with van der Waals surface area (Å²) in [6.45, 7) is 1.95. The third-order valence-electron chi connectivity index (χ3n) is 4.52. The van der Waals surface area contributed by atoms with Gasteiger partial charge in [0.2, 0.25) is 0 Å². The highest BCUT2D eigenvalue weighted by Gasteiger charge is 2.22. The van der Waals surface area contributed by atoms with Gasteiger partial charge >= 0.3 is 0 Å². The van der Waals surface area contributed by atoms with Crippen LogP contribution >= 0.6 is 0 Å². The maximum absolute atomic E-state index is 12.9. The number of aromatic nitrogens is 3. The minimum Gasteiger partial charge on any atom is -0.459 e. The molecule has 3 heterocycles. The largest absolute Gasteiger partial charge is 0.459 e. The predicted molar refractivity (Wildman–Crippen MR) is 98.1 cm³/mol. The number of furan rings is 1. The van der Waals surface area contributed by atoms with Gasteiger partial charge in [0.05, 0.1) is 6.04 Å². The Hall–Kier alpha value is -3.41. The molecule has 0 N–H and O–H groups in total. The second-order valence-corrected chi connectivity index (χ2v) is 6.15. The van der Waals surface area contributed by atoms with Gasteiger partial charge in [0.1, 0.15) is 23.5 Å². The van der Waals surface area contributed by atoms with Gasteiger partial charge in [0.15, 0.2) is 0 Å². The van der Waals surface area contributed by atoms with Crippen molar-refractivity contribution in [3.8, 4) is 5.82 Å². The maximum Gasteiger partial charge on any atom is 0.254 e. The topological polar surface area (TPSA) is 64.2 Å². The van der Waals surface area contributed by atoms with E-state index in [-0.39, 0.29) is 11.9 Å². The molecule has 1 amide bonds. The highest BCUT2D eigenvalue weighted by Crippen LogP contribution is 2.27. The third kappa shape index (κ3) is 2.86. The van der Waals surface area contributed by atoms with Crippen molar-refractivity contribution in [2.75, 3.05) is 7.05 Å². The Morgan fingerprint density at radius 3 is 2.81 bits per heavy atom. The molecule has 1 atom stereocenters. The molecule has 4 rings (SSSR count). The summed E-state index contributed by atoms with van der Waals surface area (Å²) in [6.07, 6.45) is 6.74. The number of carbonyl (C=O) groups excluding carboxylic acids is 1. The monoisotopic (exact) mass is 346 g/mol. The van der Waals surface area contributed by atoms with Gasteiger partial charge in [-0.1, -0.05) is 18.2 Å². The van der Waals surface area contributed by atoms with Crippen LogP contribution in [-0.2, 0) is 0 Å². The number of benzene rings is 1. The fourth-order valence-electron chi connectivity index (χ4n) is 2.87. The third-order valence-corrected chi connectivity index (χ3v) is 4.52. The van der Waals surface area contributed by atoms with Crippen molar-refractivity contribution in [1.82, 2.24) is 19.4 Å². The molecule has 0 saturated carbocycles. The van der Waals surface area contributed by atoms with Crippen LogP contribution in [0.25, 0.3) is 16.8 Å². The molecule has 0 saturated heterocycles. The molecule has 0 fully saturated rings. The lowest BCUT2D eigenvalue weighted by molar-refractivity contribution is 0.0727. The van der Waals surface area contributed by atoms with Crippen molar-refractivity contribution in [3.05, 3.63) is 78.7 Å². The average molecular weight is 346 g/mol. The fourth-order valence-corrected chi connectivity index (χ4v) is 2.87. The first-order chi connectivity index (χ1) is 12.6. The number of rotatable bonds is 4. The summed E-state index contributed by atoms with van der Waals surface area (Å²) in [6, 6.07) is 13.1. The molecular weight excluding hydrogens is 328 g/mol. The Morgan fingerprint density at radius 2 is 2.04 bits per heavy atom. The second-order valence-electron chi connectivity index (χ2n) is 6.15. The number of hydrogen-bond acceptors (Lipinski definition) is 4. The Morgan fingerprint density at radius 1 is 1.19 bits per heavy atom. The van der Waals surface area contributed by atoms with E-state index in [0.29, 0.717) is 11.4 Å². The van der Waals surface area contributed by atoms with Crippen molar-refractivity contribution >= 4 is 16.9 Å². The summed E-state index contributed by atoms with van der Waals surface area (Å²) in [7, 11) is 1.78. The molecule has 6 heteroatoms. The number of para-hydroxylation sites is 1. The number of amides is 1. The van der Waals surface area contributed by atoms with Crippen LogP contribution in [0.3, 0.4) is 0 Å². The number of hydrogen-bond donors (Lipinski definition) is 0. The quantitative estimate of drug-likeness (QED) is 0.563. The van der Waals surface area contributed by atoms with E-state index >= 15 is 0 Å². The number of fused-ring (bicyclic) bond motifs is 1. The van der Waals surface area contributed by atoms with Crippen molar-refractivity contribution in [2.24, 2.45) is 0 Å². The van der Waals surface area contributed by atoms with Crippen molar-refractivity contribution in [2.45, 2.75) is 13.0 Å². The van der Waals surface area contributed by atoms with Crippen molar-refractivity contribution < 1.29 is 9.21 Å². The smallest absolute Gasteiger partial charge is 0.254 e. The van der Waals surface area contributed by atoms with Crippen LogP contribution in [-0.4, -0.2) is 32.4 Å². The van der Waals surface area contributed by atoms with Gasteiger partial charge in [0, 0.05) is 36.6 Å². The molecule has 0 aliphatic carbocycles. The van der Waals surface area contributed by atoms with Crippen LogP contribution in [0, 0.1) is 0 Å². The molecule has 6 nitrogen and oxygen atoms in total. The van der Waals surface area contributed by atoms with E-state index in [9.17, 15) is 4.79 Å². The van der Waals surface area contributed by atoms with Crippen LogP contribution in [0.2, 0.25) is 0 Å². The van der Waals surface area contributed by atoms with Gasteiger partial charge < -0.3 is 9.32 Å². The van der Waals surface area contributed by atoms with Crippen molar-refractivity contribution in [3.63, 3.8) is 0 Å². The molecule has 0 radical (unpaired) electrons. The standard InChI is InChI=1S/C20H18N4O2/c1-14(18-11-15-5-3-4-6-17(15)26-18)23(2)20(25)16-7-8-22-19(12-16)24-10-9-21-13-24/h3-14H,1-2H3/t14-/m0/s1. The summed E-state index contributed by atoms with van der Waals surface area (Å²) in [4.78, 5) is 22.9. The number of nitrogens with zero attached hydrogens (tertiary/aromatic N) is 4. The van der Waals surface area contributed by atoms with Gasteiger partial charge in [-0.15, -0.1) is 0 Å². The van der Waals surface area contributed by atoms with E-state index in [1.165, 1.54) is 0 Å². The minimum absolute atomic E-state index is 0.0956. The predicted octanol–water partition coefficient (Wildman–Crippen LogP) is 3.85. The Balaban J connectivity index is 1.60. The second kappa shape index (κ2) is 6.48. The summed E-state index contributed by atoms with van der Waals surface area (Å²) >= 11 is 0. The minimum atomic E-state index is -0.195. The molecule has 0 aliphatic heterocycles. The van der Waals surface area contributed by atoms with Crippen LogP contribution in [0.4, 0.5) is 0 Å². The first kappa shape index (κ1) is 16.1. The van der Waals surface area contributed by atoms with Crippen LogP contribution in [0.5, 0.6) is 0 Å². The summed E-state index contributed by atoms with van der Waals surface area (Å²) in [5, 5.41) is 1.03. The maximum atomic E-state index is 12.9. The Kier molecular flexibility index (Phi) is 4.01. The van der Waals surface area contributed by atoms with Gasteiger partial charge in [-0.3, -0.25) is 9.36 Å². The summed E-state index contributed by atoms with van der Waals surface area (Å²) < 4.78 is 7.66. The molecule has 0 unspecified atom stereocenters. The van der Waals surface area contributed by atoms with Crippen LogP contribution < -0.4 is 0 Å². The molecule has 0 bridgehead atoms. The molecule has 130 valence electrons. The lowest BCUT2D eigenvalue weighted by Gasteiger charge is -2.23. The number of pyridine rings is 1. The van der Waals surface area contributed by atoms with E-state index in [1.807, 2.05) is 37.3 Å². The molecule has 0 aliphatic rings.